The number of anilines is 1. The molecule has 0 unspecified atom stereocenters. The van der Waals surface area contributed by atoms with Gasteiger partial charge < -0.3 is 16.0 Å². The molecule has 1 saturated carbocycles. The van der Waals surface area contributed by atoms with Gasteiger partial charge in [0.15, 0.2) is 0 Å². The Morgan fingerprint density at radius 2 is 1.86 bits per heavy atom. The maximum Gasteiger partial charge on any atom is 0.240 e. The smallest absolute Gasteiger partial charge is 0.240 e. The largest absolute Gasteiger partial charge is 0.352 e. The summed E-state index contributed by atoms with van der Waals surface area (Å²) in [5.41, 5.74) is 5.57. The predicted molar refractivity (Wildman–Crippen MR) is 80.8 cm³/mol. The molecule has 0 spiro atoms. The maximum absolute atomic E-state index is 12.3. The van der Waals surface area contributed by atoms with Crippen LogP contribution in [0.4, 0.5) is 5.95 Å². The molecule has 3 rings (SSSR count). The minimum Gasteiger partial charge on any atom is -0.352 e. The molecule has 6 nitrogen and oxygen atoms in total. The molecule has 1 saturated heterocycles. The number of hydrogen-bond donors (Lipinski definition) is 2. The highest BCUT2D eigenvalue weighted by atomic mass is 16.2. The molecule has 6 heteroatoms. The molecule has 3 N–H and O–H groups in total. The Morgan fingerprint density at radius 1 is 1.24 bits per heavy atom. The zero-order chi connectivity index (χ0) is 14.7. The molecular weight excluding hydrogens is 266 g/mol. The topological polar surface area (TPSA) is 84.1 Å². The molecule has 1 amide bonds. The van der Waals surface area contributed by atoms with E-state index in [-0.39, 0.29) is 11.9 Å². The summed E-state index contributed by atoms with van der Waals surface area (Å²) in [5.74, 6) is 0.808. The SMILES string of the molecule is NC1(C(=O)NC2CCN(c3ncccn3)CC2)CCCC1. The fourth-order valence-electron chi connectivity index (χ4n) is 3.24. The summed E-state index contributed by atoms with van der Waals surface area (Å²) in [4.78, 5) is 23.0. The lowest BCUT2D eigenvalue weighted by Gasteiger charge is -2.34. The maximum atomic E-state index is 12.3. The van der Waals surface area contributed by atoms with E-state index < -0.39 is 5.54 Å². The van der Waals surface area contributed by atoms with E-state index >= 15 is 0 Å². The van der Waals surface area contributed by atoms with Crippen molar-refractivity contribution < 1.29 is 4.79 Å². The molecule has 114 valence electrons. The van der Waals surface area contributed by atoms with E-state index in [0.717, 1.165) is 57.6 Å². The van der Waals surface area contributed by atoms with Crippen LogP contribution in [-0.4, -0.2) is 40.5 Å². The molecule has 2 heterocycles. The van der Waals surface area contributed by atoms with Crippen molar-refractivity contribution in [3.05, 3.63) is 18.5 Å². The van der Waals surface area contributed by atoms with Gasteiger partial charge in [0.25, 0.3) is 0 Å². The number of nitrogens with two attached hydrogens (primary N) is 1. The Bertz CT molecular complexity index is 478. The van der Waals surface area contributed by atoms with Crippen LogP contribution >= 0.6 is 0 Å². The van der Waals surface area contributed by atoms with Gasteiger partial charge in [-0.25, -0.2) is 9.97 Å². The molecule has 0 radical (unpaired) electrons. The second-order valence-electron chi connectivity index (χ2n) is 6.15. The fraction of sp³-hybridized carbons (Fsp3) is 0.667. The first-order valence-electron chi connectivity index (χ1n) is 7.79. The number of carbonyl (C=O) groups is 1. The van der Waals surface area contributed by atoms with Crippen LogP contribution < -0.4 is 16.0 Å². The molecule has 0 bridgehead atoms. The lowest BCUT2D eigenvalue weighted by atomic mass is 9.96. The van der Waals surface area contributed by atoms with Gasteiger partial charge in [-0.2, -0.15) is 0 Å². The molecule has 0 aromatic carbocycles. The second-order valence-corrected chi connectivity index (χ2v) is 6.15. The summed E-state index contributed by atoms with van der Waals surface area (Å²) in [6, 6.07) is 2.04. The first kappa shape index (κ1) is 14.3. The molecule has 1 aromatic heterocycles. The van der Waals surface area contributed by atoms with Crippen LogP contribution in [0.3, 0.4) is 0 Å². The lowest BCUT2D eigenvalue weighted by Crippen LogP contribution is -2.56. The minimum atomic E-state index is -0.625. The van der Waals surface area contributed by atoms with Gasteiger partial charge in [0.2, 0.25) is 11.9 Å². The van der Waals surface area contributed by atoms with Crippen LogP contribution in [0.1, 0.15) is 38.5 Å². The Balaban J connectivity index is 1.51. The van der Waals surface area contributed by atoms with Crippen LogP contribution in [0.25, 0.3) is 0 Å². The number of rotatable bonds is 3. The summed E-state index contributed by atoms with van der Waals surface area (Å²) in [6.07, 6.45) is 9.11. The first-order valence-corrected chi connectivity index (χ1v) is 7.79. The molecule has 1 aliphatic carbocycles. The zero-order valence-electron chi connectivity index (χ0n) is 12.3. The van der Waals surface area contributed by atoms with Gasteiger partial charge in [-0.15, -0.1) is 0 Å². The van der Waals surface area contributed by atoms with Crippen LogP contribution in [0.15, 0.2) is 18.5 Å². The predicted octanol–water partition coefficient (Wildman–Crippen LogP) is 0.833. The Morgan fingerprint density at radius 3 is 2.48 bits per heavy atom. The average molecular weight is 289 g/mol. The third kappa shape index (κ3) is 3.15. The average Bonchev–Trinajstić information content (AvgIpc) is 2.97. The molecular formula is C15H23N5O. The number of aromatic nitrogens is 2. The Hall–Kier alpha value is -1.69. The minimum absolute atomic E-state index is 0.0365. The molecule has 1 aliphatic heterocycles. The molecule has 2 fully saturated rings. The van der Waals surface area contributed by atoms with Crippen molar-refractivity contribution in [2.45, 2.75) is 50.1 Å². The van der Waals surface area contributed by atoms with E-state index in [9.17, 15) is 4.79 Å². The molecule has 0 atom stereocenters. The van der Waals surface area contributed by atoms with Crippen molar-refractivity contribution in [2.24, 2.45) is 5.73 Å². The van der Waals surface area contributed by atoms with E-state index in [2.05, 4.69) is 20.2 Å². The van der Waals surface area contributed by atoms with Gasteiger partial charge in [0, 0.05) is 31.5 Å². The van der Waals surface area contributed by atoms with E-state index in [1.807, 2.05) is 6.07 Å². The summed E-state index contributed by atoms with van der Waals surface area (Å²) in [5, 5.41) is 3.14. The standard InChI is InChI=1S/C15H23N5O/c16-15(6-1-2-7-15)13(21)19-12-4-10-20(11-5-12)14-17-8-3-9-18-14/h3,8-9,12H,1-2,4-7,10-11,16H2,(H,19,21). The van der Waals surface area contributed by atoms with Crippen molar-refractivity contribution in [3.63, 3.8) is 0 Å². The van der Waals surface area contributed by atoms with Gasteiger partial charge in [-0.3, -0.25) is 4.79 Å². The molecule has 21 heavy (non-hydrogen) atoms. The quantitative estimate of drug-likeness (QED) is 0.861. The van der Waals surface area contributed by atoms with Crippen molar-refractivity contribution in [2.75, 3.05) is 18.0 Å². The number of piperidine rings is 1. The first-order chi connectivity index (χ1) is 10.2. The van der Waals surface area contributed by atoms with E-state index in [0.29, 0.717) is 0 Å². The zero-order valence-corrected chi connectivity index (χ0v) is 12.3. The molecule has 2 aliphatic rings. The number of amides is 1. The third-order valence-corrected chi connectivity index (χ3v) is 4.61. The number of hydrogen-bond acceptors (Lipinski definition) is 5. The van der Waals surface area contributed by atoms with Crippen LogP contribution in [0.5, 0.6) is 0 Å². The van der Waals surface area contributed by atoms with Gasteiger partial charge >= 0.3 is 0 Å². The third-order valence-electron chi connectivity index (χ3n) is 4.61. The van der Waals surface area contributed by atoms with Crippen molar-refractivity contribution in [1.29, 1.82) is 0 Å². The Labute approximate surface area is 125 Å². The van der Waals surface area contributed by atoms with E-state index in [1.165, 1.54) is 0 Å². The van der Waals surface area contributed by atoms with Crippen LogP contribution in [0, 0.1) is 0 Å². The van der Waals surface area contributed by atoms with Gasteiger partial charge in [0.1, 0.15) is 0 Å². The van der Waals surface area contributed by atoms with Gasteiger partial charge in [0.05, 0.1) is 5.54 Å². The van der Waals surface area contributed by atoms with E-state index in [1.54, 1.807) is 12.4 Å². The monoisotopic (exact) mass is 289 g/mol. The fourth-order valence-corrected chi connectivity index (χ4v) is 3.24. The lowest BCUT2D eigenvalue weighted by molar-refractivity contribution is -0.127. The highest BCUT2D eigenvalue weighted by Crippen LogP contribution is 2.27. The normalized spacial score (nSPS) is 22.2. The summed E-state index contributed by atoms with van der Waals surface area (Å²) < 4.78 is 0. The van der Waals surface area contributed by atoms with Gasteiger partial charge in [-0.1, -0.05) is 12.8 Å². The van der Waals surface area contributed by atoms with Gasteiger partial charge in [-0.05, 0) is 31.7 Å². The van der Waals surface area contributed by atoms with Crippen molar-refractivity contribution in [1.82, 2.24) is 15.3 Å². The van der Waals surface area contributed by atoms with Crippen molar-refractivity contribution >= 4 is 11.9 Å². The highest BCUT2D eigenvalue weighted by Gasteiger charge is 2.38. The summed E-state index contributed by atoms with van der Waals surface area (Å²) in [7, 11) is 0. The summed E-state index contributed by atoms with van der Waals surface area (Å²) >= 11 is 0. The number of nitrogens with zero attached hydrogens (tertiary/aromatic N) is 3. The van der Waals surface area contributed by atoms with Crippen LogP contribution in [0.2, 0.25) is 0 Å². The van der Waals surface area contributed by atoms with Crippen molar-refractivity contribution in [3.8, 4) is 0 Å². The summed E-state index contributed by atoms with van der Waals surface area (Å²) in [6.45, 7) is 1.74. The van der Waals surface area contributed by atoms with E-state index in [4.69, 9.17) is 5.73 Å². The number of carbonyl (C=O) groups excluding carboxylic acids is 1. The molecule has 1 aromatic rings. The highest BCUT2D eigenvalue weighted by molar-refractivity contribution is 5.86. The second kappa shape index (κ2) is 5.97. The van der Waals surface area contributed by atoms with Crippen LogP contribution in [-0.2, 0) is 4.79 Å². The Kier molecular flexibility index (Phi) is 4.05. The number of nitrogens with one attached hydrogen (secondary N) is 1.